The second-order valence-electron chi connectivity index (χ2n) is 5.35. The zero-order valence-electron chi connectivity index (χ0n) is 12.0. The van der Waals surface area contributed by atoms with Gasteiger partial charge in [0.25, 0.3) is 0 Å². The molecule has 1 aliphatic heterocycles. The Balaban J connectivity index is 2.08. The van der Waals surface area contributed by atoms with Crippen molar-refractivity contribution in [2.45, 2.75) is 38.8 Å². The normalized spacial score (nSPS) is 19.8. The van der Waals surface area contributed by atoms with E-state index in [0.29, 0.717) is 23.7 Å². The van der Waals surface area contributed by atoms with E-state index in [0.717, 1.165) is 26.1 Å². The third-order valence-electron chi connectivity index (χ3n) is 3.93. The summed E-state index contributed by atoms with van der Waals surface area (Å²) in [4.78, 5) is 2.34. The highest BCUT2D eigenvalue weighted by Gasteiger charge is 2.22. The molecule has 2 rings (SSSR count). The van der Waals surface area contributed by atoms with Gasteiger partial charge in [0.15, 0.2) is 0 Å². The molecular formula is C16H22FN3. The van der Waals surface area contributed by atoms with Gasteiger partial charge in [0.2, 0.25) is 0 Å². The van der Waals surface area contributed by atoms with Crippen LogP contribution in [0.25, 0.3) is 0 Å². The van der Waals surface area contributed by atoms with Crippen molar-refractivity contribution < 1.29 is 4.39 Å². The maximum absolute atomic E-state index is 13.9. The highest BCUT2D eigenvalue weighted by molar-refractivity contribution is 5.33. The fourth-order valence-corrected chi connectivity index (χ4v) is 2.79. The molecule has 0 saturated carbocycles. The van der Waals surface area contributed by atoms with E-state index in [-0.39, 0.29) is 5.82 Å². The summed E-state index contributed by atoms with van der Waals surface area (Å²) < 4.78 is 13.9. The molecule has 1 saturated heterocycles. The molecule has 1 aromatic rings. The molecule has 1 N–H and O–H groups in total. The largest absolute Gasteiger partial charge is 0.315 e. The lowest BCUT2D eigenvalue weighted by atomic mass is 10.0. The summed E-state index contributed by atoms with van der Waals surface area (Å²) in [5, 5.41) is 12.3. The van der Waals surface area contributed by atoms with E-state index in [1.807, 2.05) is 0 Å². The first-order valence-electron chi connectivity index (χ1n) is 7.38. The molecule has 20 heavy (non-hydrogen) atoms. The Morgan fingerprint density at radius 1 is 1.45 bits per heavy atom. The Morgan fingerprint density at radius 3 is 3.05 bits per heavy atom. The predicted octanol–water partition coefficient (Wildman–Crippen LogP) is 2.66. The van der Waals surface area contributed by atoms with Gasteiger partial charge >= 0.3 is 0 Å². The number of nitrogens with zero attached hydrogens (tertiary/aromatic N) is 2. The lowest BCUT2D eigenvalue weighted by Gasteiger charge is -2.36. The Kier molecular flexibility index (Phi) is 5.51. The molecule has 0 radical (unpaired) electrons. The van der Waals surface area contributed by atoms with Crippen LogP contribution in [0.1, 0.15) is 37.3 Å². The molecule has 1 atom stereocenters. The van der Waals surface area contributed by atoms with Gasteiger partial charge in [-0.05, 0) is 44.1 Å². The fraction of sp³-hybridized carbons (Fsp3) is 0.562. The summed E-state index contributed by atoms with van der Waals surface area (Å²) in [6, 6.07) is 7.15. The van der Waals surface area contributed by atoms with Crippen LogP contribution >= 0.6 is 0 Å². The van der Waals surface area contributed by atoms with Crippen molar-refractivity contribution in [3.8, 4) is 6.07 Å². The minimum absolute atomic E-state index is 0.211. The number of nitrogens with one attached hydrogen (secondary N) is 1. The molecule has 4 heteroatoms. The molecule has 0 amide bonds. The second kappa shape index (κ2) is 7.37. The van der Waals surface area contributed by atoms with Gasteiger partial charge in [0.05, 0.1) is 11.6 Å². The van der Waals surface area contributed by atoms with Crippen LogP contribution in [0.2, 0.25) is 0 Å². The maximum Gasteiger partial charge on any atom is 0.127 e. The van der Waals surface area contributed by atoms with E-state index >= 15 is 0 Å². The summed E-state index contributed by atoms with van der Waals surface area (Å²) in [7, 11) is 0. The van der Waals surface area contributed by atoms with Crippen LogP contribution in [0.4, 0.5) is 4.39 Å². The SMILES string of the molecule is CCNCC1CCCCN1Cc1cc(C#N)ccc1F. The van der Waals surface area contributed by atoms with Crippen molar-refractivity contribution >= 4 is 0 Å². The van der Waals surface area contributed by atoms with Crippen LogP contribution in [0.15, 0.2) is 18.2 Å². The standard InChI is InChI=1S/C16H22FN3/c1-2-19-11-15-5-3-4-8-20(15)12-14-9-13(10-18)6-7-16(14)17/h6-7,9,15,19H,2-5,8,11-12H2,1H3. The van der Waals surface area contributed by atoms with Gasteiger partial charge in [0.1, 0.15) is 5.82 Å². The second-order valence-corrected chi connectivity index (χ2v) is 5.35. The molecule has 3 nitrogen and oxygen atoms in total. The highest BCUT2D eigenvalue weighted by Crippen LogP contribution is 2.21. The average Bonchev–Trinajstić information content (AvgIpc) is 2.48. The van der Waals surface area contributed by atoms with Gasteiger partial charge in [-0.3, -0.25) is 4.90 Å². The highest BCUT2D eigenvalue weighted by atomic mass is 19.1. The summed E-state index contributed by atoms with van der Waals surface area (Å²) >= 11 is 0. The van der Waals surface area contributed by atoms with Crippen LogP contribution < -0.4 is 5.32 Å². The first-order chi connectivity index (χ1) is 9.74. The Labute approximate surface area is 120 Å². The fourth-order valence-electron chi connectivity index (χ4n) is 2.79. The molecule has 1 aliphatic rings. The van der Waals surface area contributed by atoms with Crippen LogP contribution in [0.5, 0.6) is 0 Å². The van der Waals surface area contributed by atoms with Gasteiger partial charge in [-0.2, -0.15) is 5.26 Å². The molecule has 0 spiro atoms. The van der Waals surface area contributed by atoms with Gasteiger partial charge < -0.3 is 5.32 Å². The molecular weight excluding hydrogens is 253 g/mol. The number of likely N-dealkylation sites (tertiary alicyclic amines) is 1. The lowest BCUT2D eigenvalue weighted by molar-refractivity contribution is 0.136. The Bertz CT molecular complexity index is 481. The van der Waals surface area contributed by atoms with E-state index in [1.165, 1.54) is 25.0 Å². The van der Waals surface area contributed by atoms with Crippen LogP contribution in [0.3, 0.4) is 0 Å². The van der Waals surface area contributed by atoms with Crippen molar-refractivity contribution in [2.75, 3.05) is 19.6 Å². The van der Waals surface area contributed by atoms with Gasteiger partial charge in [-0.1, -0.05) is 13.3 Å². The van der Waals surface area contributed by atoms with Crippen LogP contribution in [-0.4, -0.2) is 30.6 Å². The van der Waals surface area contributed by atoms with Crippen molar-refractivity contribution in [1.29, 1.82) is 5.26 Å². The lowest BCUT2D eigenvalue weighted by Crippen LogP contribution is -2.45. The van der Waals surface area contributed by atoms with Crippen molar-refractivity contribution in [2.24, 2.45) is 0 Å². The van der Waals surface area contributed by atoms with Gasteiger partial charge in [-0.15, -0.1) is 0 Å². The molecule has 0 aliphatic carbocycles. The first-order valence-corrected chi connectivity index (χ1v) is 7.38. The molecule has 1 fully saturated rings. The monoisotopic (exact) mass is 275 g/mol. The van der Waals surface area contributed by atoms with Crippen molar-refractivity contribution in [1.82, 2.24) is 10.2 Å². The smallest absolute Gasteiger partial charge is 0.127 e. The van der Waals surface area contributed by atoms with E-state index in [1.54, 1.807) is 6.07 Å². The van der Waals surface area contributed by atoms with Gasteiger partial charge in [-0.25, -0.2) is 4.39 Å². The number of hydrogen-bond acceptors (Lipinski definition) is 3. The third kappa shape index (κ3) is 3.78. The summed E-state index contributed by atoms with van der Waals surface area (Å²) in [6.07, 6.45) is 3.57. The van der Waals surface area contributed by atoms with Crippen molar-refractivity contribution in [3.63, 3.8) is 0 Å². The minimum Gasteiger partial charge on any atom is -0.315 e. The van der Waals surface area contributed by atoms with Crippen molar-refractivity contribution in [3.05, 3.63) is 35.1 Å². The first kappa shape index (κ1) is 15.0. The van der Waals surface area contributed by atoms with E-state index in [4.69, 9.17) is 5.26 Å². The topological polar surface area (TPSA) is 39.1 Å². The number of piperidine rings is 1. The van der Waals surface area contributed by atoms with Crippen LogP contribution in [0, 0.1) is 17.1 Å². The molecule has 0 bridgehead atoms. The molecule has 0 aromatic heterocycles. The van der Waals surface area contributed by atoms with E-state index < -0.39 is 0 Å². The molecule has 108 valence electrons. The van der Waals surface area contributed by atoms with Gasteiger partial charge in [0, 0.05) is 24.7 Å². The Morgan fingerprint density at radius 2 is 2.30 bits per heavy atom. The zero-order chi connectivity index (χ0) is 14.4. The Hall–Kier alpha value is -1.44. The number of benzene rings is 1. The minimum atomic E-state index is -0.211. The summed E-state index contributed by atoms with van der Waals surface area (Å²) in [5.74, 6) is -0.211. The predicted molar refractivity (Wildman–Crippen MR) is 77.7 cm³/mol. The maximum atomic E-state index is 13.9. The van der Waals surface area contributed by atoms with E-state index in [9.17, 15) is 4.39 Å². The molecule has 1 aromatic carbocycles. The average molecular weight is 275 g/mol. The third-order valence-corrected chi connectivity index (χ3v) is 3.93. The molecule has 1 unspecified atom stereocenters. The summed E-state index contributed by atoms with van der Waals surface area (Å²) in [6.45, 7) is 5.62. The number of halogens is 1. The van der Waals surface area contributed by atoms with E-state index in [2.05, 4.69) is 23.2 Å². The van der Waals surface area contributed by atoms with Crippen LogP contribution in [-0.2, 0) is 6.54 Å². The summed E-state index contributed by atoms with van der Waals surface area (Å²) in [5.41, 5.74) is 1.16. The number of hydrogen-bond donors (Lipinski definition) is 1. The molecule has 1 heterocycles. The quantitative estimate of drug-likeness (QED) is 0.898. The number of rotatable bonds is 5. The number of nitriles is 1. The number of likely N-dealkylation sites (N-methyl/N-ethyl adjacent to an activating group) is 1. The zero-order valence-corrected chi connectivity index (χ0v) is 12.0.